The van der Waals surface area contributed by atoms with Crippen LogP contribution >= 0.6 is 0 Å². The highest BCUT2D eigenvalue weighted by Gasteiger charge is 2.25. The van der Waals surface area contributed by atoms with E-state index in [9.17, 15) is 14.9 Å². The van der Waals surface area contributed by atoms with Crippen LogP contribution in [0.3, 0.4) is 0 Å². The number of para-hydroxylation sites is 1. The van der Waals surface area contributed by atoms with Crippen LogP contribution in [-0.4, -0.2) is 35.0 Å². The van der Waals surface area contributed by atoms with Crippen molar-refractivity contribution in [2.24, 2.45) is 0 Å². The normalized spacial score (nSPS) is 13.8. The summed E-state index contributed by atoms with van der Waals surface area (Å²) in [6.07, 6.45) is 2.93. The number of aromatic nitrogens is 1. The second-order valence-corrected chi connectivity index (χ2v) is 5.83. The van der Waals surface area contributed by atoms with Gasteiger partial charge in [-0.25, -0.2) is 4.79 Å². The molecule has 7 nitrogen and oxygen atoms in total. The molecule has 1 amide bonds. The number of carbonyl (C=O) groups is 2. The van der Waals surface area contributed by atoms with Crippen LogP contribution in [0.2, 0.25) is 0 Å². The molecule has 0 spiro atoms. The van der Waals surface area contributed by atoms with E-state index in [1.807, 2.05) is 30.3 Å². The fourth-order valence-electron chi connectivity index (χ4n) is 3.06. The zero-order valence-electron chi connectivity index (χ0n) is 13.9. The third-order valence-corrected chi connectivity index (χ3v) is 4.33. The summed E-state index contributed by atoms with van der Waals surface area (Å²) >= 11 is 0. The molecule has 25 heavy (non-hydrogen) atoms. The lowest BCUT2D eigenvalue weighted by Gasteiger charge is -2.19. The van der Waals surface area contributed by atoms with Gasteiger partial charge >= 0.3 is 5.97 Å². The zero-order chi connectivity index (χ0) is 18.0. The van der Waals surface area contributed by atoms with Gasteiger partial charge in [0, 0.05) is 25.7 Å². The molecule has 1 fully saturated rings. The summed E-state index contributed by atoms with van der Waals surface area (Å²) in [7, 11) is 1.26. The van der Waals surface area contributed by atoms with Gasteiger partial charge in [-0.15, -0.1) is 0 Å². The van der Waals surface area contributed by atoms with Crippen LogP contribution in [0, 0.1) is 11.3 Å². The van der Waals surface area contributed by atoms with E-state index in [-0.39, 0.29) is 22.9 Å². The van der Waals surface area contributed by atoms with Gasteiger partial charge in [-0.05, 0) is 18.1 Å². The first-order valence-electron chi connectivity index (χ1n) is 7.92. The first-order chi connectivity index (χ1) is 12.1. The topological polar surface area (TPSA) is 101 Å². The van der Waals surface area contributed by atoms with Gasteiger partial charge < -0.3 is 19.9 Å². The van der Waals surface area contributed by atoms with Crippen LogP contribution in [0.5, 0.6) is 0 Å². The Balaban J connectivity index is 2.10. The van der Waals surface area contributed by atoms with Crippen molar-refractivity contribution in [1.29, 1.82) is 5.26 Å². The van der Waals surface area contributed by atoms with Gasteiger partial charge in [0.25, 0.3) is 0 Å². The predicted molar refractivity (Wildman–Crippen MR) is 90.9 cm³/mol. The smallest absolute Gasteiger partial charge is 0.357 e. The number of methoxy groups -OCH3 is 1. The average molecular weight is 338 g/mol. The molecule has 0 unspecified atom stereocenters. The van der Waals surface area contributed by atoms with Crippen LogP contribution in [-0.2, 0) is 16.1 Å². The van der Waals surface area contributed by atoms with Gasteiger partial charge in [-0.3, -0.25) is 4.79 Å². The highest BCUT2D eigenvalue weighted by Crippen LogP contribution is 2.27. The van der Waals surface area contributed by atoms with E-state index >= 15 is 0 Å². The van der Waals surface area contributed by atoms with Crippen molar-refractivity contribution in [1.82, 2.24) is 9.47 Å². The van der Waals surface area contributed by atoms with Crippen LogP contribution < -0.4 is 5.73 Å². The second kappa shape index (κ2) is 6.69. The molecule has 1 aliphatic rings. The number of amides is 1. The van der Waals surface area contributed by atoms with E-state index in [0.717, 1.165) is 12.0 Å². The number of esters is 1. The summed E-state index contributed by atoms with van der Waals surface area (Å²) in [5.74, 6) is -0.501. The highest BCUT2D eigenvalue weighted by atomic mass is 16.5. The number of hydrogen-bond acceptors (Lipinski definition) is 5. The van der Waals surface area contributed by atoms with Crippen molar-refractivity contribution in [3.63, 3.8) is 0 Å². The second-order valence-electron chi connectivity index (χ2n) is 5.83. The Hall–Kier alpha value is -3.27. The molecule has 2 heterocycles. The van der Waals surface area contributed by atoms with Crippen LogP contribution in [0.4, 0.5) is 5.69 Å². The van der Waals surface area contributed by atoms with Gasteiger partial charge in [0.1, 0.15) is 6.07 Å². The number of nitrogen functional groups attached to an aromatic ring is 1. The van der Waals surface area contributed by atoms with E-state index in [0.29, 0.717) is 25.2 Å². The number of rotatable bonds is 4. The van der Waals surface area contributed by atoms with Gasteiger partial charge in [0.2, 0.25) is 5.91 Å². The molecule has 0 saturated carbocycles. The maximum absolute atomic E-state index is 12.2. The van der Waals surface area contributed by atoms with Crippen molar-refractivity contribution < 1.29 is 14.3 Å². The minimum Gasteiger partial charge on any atom is -0.464 e. The minimum atomic E-state index is -0.619. The fraction of sp³-hybridized carbons (Fsp3) is 0.278. The number of benzene rings is 1. The molecule has 1 aromatic carbocycles. The Morgan fingerprint density at radius 1 is 1.40 bits per heavy atom. The number of carbonyl (C=O) groups excluding carboxylic acids is 2. The number of nitrogens with two attached hydrogens (primary N) is 1. The van der Waals surface area contributed by atoms with E-state index in [4.69, 9.17) is 10.5 Å². The fourth-order valence-corrected chi connectivity index (χ4v) is 3.06. The first-order valence-corrected chi connectivity index (χ1v) is 7.92. The largest absolute Gasteiger partial charge is 0.464 e. The Bertz CT molecular complexity index is 879. The third kappa shape index (κ3) is 2.94. The Labute approximate surface area is 145 Å². The van der Waals surface area contributed by atoms with E-state index in [1.165, 1.54) is 13.3 Å². The summed E-state index contributed by atoms with van der Waals surface area (Å²) in [5, 5.41) is 9.24. The van der Waals surface area contributed by atoms with Crippen LogP contribution in [0.25, 0.3) is 5.69 Å². The summed E-state index contributed by atoms with van der Waals surface area (Å²) in [4.78, 5) is 25.9. The molecule has 2 aromatic rings. The molecule has 0 bridgehead atoms. The molecular formula is C18H18N4O3. The number of ether oxygens (including phenoxy) is 1. The first kappa shape index (κ1) is 16.6. The molecule has 7 heteroatoms. The quantitative estimate of drug-likeness (QED) is 0.857. The maximum Gasteiger partial charge on any atom is 0.357 e. The molecule has 1 aromatic heterocycles. The van der Waals surface area contributed by atoms with Crippen LogP contribution in [0.1, 0.15) is 34.5 Å². The summed E-state index contributed by atoms with van der Waals surface area (Å²) in [6.45, 7) is 1.16. The molecule has 128 valence electrons. The van der Waals surface area contributed by atoms with Crippen LogP contribution in [0.15, 0.2) is 30.5 Å². The van der Waals surface area contributed by atoms with Crippen molar-refractivity contribution in [3.8, 4) is 11.8 Å². The third-order valence-electron chi connectivity index (χ3n) is 4.33. The van der Waals surface area contributed by atoms with Crippen molar-refractivity contribution in [2.75, 3.05) is 19.4 Å². The molecule has 1 saturated heterocycles. The van der Waals surface area contributed by atoms with E-state index in [2.05, 4.69) is 0 Å². The summed E-state index contributed by atoms with van der Waals surface area (Å²) in [6, 6.07) is 9.40. The van der Waals surface area contributed by atoms with Crippen molar-refractivity contribution in [3.05, 3.63) is 47.3 Å². The lowest BCUT2D eigenvalue weighted by molar-refractivity contribution is -0.128. The van der Waals surface area contributed by atoms with Gasteiger partial charge in [-0.2, -0.15) is 5.26 Å². The lowest BCUT2D eigenvalue weighted by Crippen LogP contribution is -2.24. The van der Waals surface area contributed by atoms with Gasteiger partial charge in [0.15, 0.2) is 5.69 Å². The monoisotopic (exact) mass is 338 g/mol. The molecular weight excluding hydrogens is 320 g/mol. The molecule has 0 atom stereocenters. The zero-order valence-corrected chi connectivity index (χ0v) is 13.9. The predicted octanol–water partition coefficient (Wildman–Crippen LogP) is 1.84. The number of nitrogens with zero attached hydrogens (tertiary/aromatic N) is 3. The van der Waals surface area contributed by atoms with Crippen molar-refractivity contribution >= 4 is 17.6 Å². The number of anilines is 1. The molecule has 1 aliphatic heterocycles. The molecule has 2 N–H and O–H groups in total. The van der Waals surface area contributed by atoms with Gasteiger partial charge in [-0.1, -0.05) is 18.2 Å². The minimum absolute atomic E-state index is 0.0846. The number of nitriles is 1. The standard InChI is InChI=1S/C18H18N4O3/c1-25-18(24)17-16(20)13(9-19)11-22(17)14-6-3-2-5-12(14)10-21-8-4-7-15(21)23/h2-3,5-6,11H,4,7-8,10,20H2,1H3. The SMILES string of the molecule is COC(=O)c1c(N)c(C#N)cn1-c1ccccc1CN1CCCC1=O. The van der Waals surface area contributed by atoms with E-state index in [1.54, 1.807) is 9.47 Å². The average Bonchev–Trinajstić information content (AvgIpc) is 3.18. The summed E-state index contributed by atoms with van der Waals surface area (Å²) < 4.78 is 6.38. The Morgan fingerprint density at radius 2 is 2.16 bits per heavy atom. The molecule has 0 radical (unpaired) electrons. The molecule has 3 rings (SSSR count). The maximum atomic E-state index is 12.2. The Kier molecular flexibility index (Phi) is 4.44. The molecule has 0 aliphatic carbocycles. The number of hydrogen-bond donors (Lipinski definition) is 1. The summed E-state index contributed by atoms with van der Waals surface area (Å²) in [5.41, 5.74) is 7.91. The lowest BCUT2D eigenvalue weighted by atomic mass is 10.1. The highest BCUT2D eigenvalue weighted by molar-refractivity contribution is 5.96. The van der Waals surface area contributed by atoms with Crippen molar-refractivity contribution in [2.45, 2.75) is 19.4 Å². The van der Waals surface area contributed by atoms with E-state index < -0.39 is 5.97 Å². The number of likely N-dealkylation sites (tertiary alicyclic amines) is 1. The Morgan fingerprint density at radius 3 is 2.80 bits per heavy atom. The van der Waals surface area contributed by atoms with Gasteiger partial charge in [0.05, 0.1) is 24.0 Å².